The Bertz CT molecular complexity index is 217. The van der Waals surface area contributed by atoms with Crippen LogP contribution in [0.3, 0.4) is 0 Å². The summed E-state index contributed by atoms with van der Waals surface area (Å²) in [6.45, 7) is 10.3. The van der Waals surface area contributed by atoms with E-state index in [1.807, 2.05) is 0 Å². The minimum absolute atomic E-state index is 0.0454. The summed E-state index contributed by atoms with van der Waals surface area (Å²) in [5.41, 5.74) is 0. The van der Waals surface area contributed by atoms with Crippen LogP contribution < -0.4 is 5.32 Å². The standard InChI is InChI=1S/C11H22N2O2/c1-8(2)10-7-15-13(11(10)14)6-5-12-9(3)4/h8-10,12H,5-7H2,1-4H3. The monoisotopic (exact) mass is 214 g/mol. The van der Waals surface area contributed by atoms with Crippen LogP contribution in [-0.2, 0) is 9.63 Å². The highest BCUT2D eigenvalue weighted by atomic mass is 16.7. The van der Waals surface area contributed by atoms with Crippen LogP contribution in [0.25, 0.3) is 0 Å². The van der Waals surface area contributed by atoms with Crippen molar-refractivity contribution >= 4 is 5.91 Å². The van der Waals surface area contributed by atoms with Crippen molar-refractivity contribution in [1.82, 2.24) is 10.4 Å². The van der Waals surface area contributed by atoms with Crippen LogP contribution in [0.4, 0.5) is 0 Å². The van der Waals surface area contributed by atoms with Crippen molar-refractivity contribution in [3.63, 3.8) is 0 Å². The molecule has 1 aliphatic heterocycles. The third-order valence-electron chi connectivity index (χ3n) is 2.65. The van der Waals surface area contributed by atoms with Gasteiger partial charge in [-0.1, -0.05) is 27.7 Å². The van der Waals surface area contributed by atoms with Crippen LogP contribution >= 0.6 is 0 Å². The number of rotatable bonds is 5. The van der Waals surface area contributed by atoms with Crippen molar-refractivity contribution in [2.45, 2.75) is 33.7 Å². The summed E-state index contributed by atoms with van der Waals surface area (Å²) in [6, 6.07) is 0.448. The Morgan fingerprint density at radius 2 is 2.13 bits per heavy atom. The van der Waals surface area contributed by atoms with Gasteiger partial charge in [-0.2, -0.15) is 0 Å². The highest BCUT2D eigenvalue weighted by Crippen LogP contribution is 2.21. The van der Waals surface area contributed by atoms with E-state index in [1.165, 1.54) is 5.06 Å². The second-order valence-corrected chi connectivity index (χ2v) is 4.70. The molecular formula is C11H22N2O2. The van der Waals surface area contributed by atoms with Gasteiger partial charge in [-0.25, -0.2) is 5.06 Å². The molecule has 88 valence electrons. The fraction of sp³-hybridized carbons (Fsp3) is 0.909. The molecule has 0 spiro atoms. The Morgan fingerprint density at radius 1 is 1.47 bits per heavy atom. The number of hydrogen-bond acceptors (Lipinski definition) is 3. The van der Waals surface area contributed by atoms with Crippen molar-refractivity contribution in [3.8, 4) is 0 Å². The van der Waals surface area contributed by atoms with Crippen LogP contribution in [0.1, 0.15) is 27.7 Å². The van der Waals surface area contributed by atoms with Crippen molar-refractivity contribution in [1.29, 1.82) is 0 Å². The minimum Gasteiger partial charge on any atom is -0.313 e. The first-order chi connectivity index (χ1) is 7.02. The van der Waals surface area contributed by atoms with E-state index in [1.54, 1.807) is 0 Å². The van der Waals surface area contributed by atoms with E-state index in [9.17, 15) is 4.79 Å². The molecule has 0 aromatic rings. The van der Waals surface area contributed by atoms with E-state index in [4.69, 9.17) is 4.84 Å². The largest absolute Gasteiger partial charge is 0.313 e. The third-order valence-corrected chi connectivity index (χ3v) is 2.65. The number of nitrogens with zero attached hydrogens (tertiary/aromatic N) is 1. The Balaban J connectivity index is 2.30. The van der Waals surface area contributed by atoms with E-state index in [2.05, 4.69) is 33.0 Å². The topological polar surface area (TPSA) is 41.6 Å². The third kappa shape index (κ3) is 3.47. The summed E-state index contributed by atoms with van der Waals surface area (Å²) < 4.78 is 0. The predicted octanol–water partition coefficient (Wildman–Crippen LogP) is 1.03. The maximum absolute atomic E-state index is 11.8. The van der Waals surface area contributed by atoms with Crippen LogP contribution in [-0.4, -0.2) is 36.7 Å². The molecule has 1 atom stereocenters. The van der Waals surface area contributed by atoms with E-state index in [0.29, 0.717) is 25.1 Å². The smallest absolute Gasteiger partial charge is 0.251 e. The lowest BCUT2D eigenvalue weighted by Crippen LogP contribution is -2.36. The van der Waals surface area contributed by atoms with Crippen LogP contribution in [0.15, 0.2) is 0 Å². The average Bonchev–Trinajstić information content (AvgIpc) is 2.47. The summed E-state index contributed by atoms with van der Waals surface area (Å²) >= 11 is 0. The molecule has 0 aromatic heterocycles. The zero-order valence-electron chi connectivity index (χ0n) is 10.1. The number of amides is 1. The minimum atomic E-state index is 0.0454. The fourth-order valence-electron chi connectivity index (χ4n) is 1.60. The number of carbonyl (C=O) groups excluding carboxylic acids is 1. The number of carbonyl (C=O) groups is 1. The first kappa shape index (κ1) is 12.5. The lowest BCUT2D eigenvalue weighted by molar-refractivity contribution is -0.161. The summed E-state index contributed by atoms with van der Waals surface area (Å²) in [7, 11) is 0. The van der Waals surface area contributed by atoms with Crippen molar-refractivity contribution in [3.05, 3.63) is 0 Å². The van der Waals surface area contributed by atoms with E-state index < -0.39 is 0 Å². The quantitative estimate of drug-likeness (QED) is 0.743. The molecule has 1 unspecified atom stereocenters. The molecule has 1 N–H and O–H groups in total. The molecule has 1 fully saturated rings. The lowest BCUT2D eigenvalue weighted by atomic mass is 9.97. The molecule has 1 heterocycles. The SMILES string of the molecule is CC(C)NCCN1OCC(C(C)C)C1=O. The first-order valence-electron chi connectivity index (χ1n) is 5.70. The van der Waals surface area contributed by atoms with Crippen molar-refractivity contribution in [2.75, 3.05) is 19.7 Å². The molecule has 1 aliphatic rings. The molecule has 1 amide bonds. The zero-order valence-corrected chi connectivity index (χ0v) is 10.1. The number of hydroxylamine groups is 2. The molecule has 0 aromatic carbocycles. The van der Waals surface area contributed by atoms with Crippen LogP contribution in [0.2, 0.25) is 0 Å². The second kappa shape index (κ2) is 5.47. The summed E-state index contributed by atoms with van der Waals surface area (Å²) in [4.78, 5) is 17.2. The van der Waals surface area contributed by atoms with Gasteiger partial charge in [-0.05, 0) is 5.92 Å². The van der Waals surface area contributed by atoms with Gasteiger partial charge in [0.1, 0.15) is 0 Å². The molecule has 0 aliphatic carbocycles. The Morgan fingerprint density at radius 3 is 2.60 bits per heavy atom. The van der Waals surface area contributed by atoms with Gasteiger partial charge in [0, 0.05) is 12.6 Å². The van der Waals surface area contributed by atoms with E-state index >= 15 is 0 Å². The lowest BCUT2D eigenvalue weighted by Gasteiger charge is -2.16. The average molecular weight is 214 g/mol. The van der Waals surface area contributed by atoms with Gasteiger partial charge in [0.2, 0.25) is 0 Å². The van der Waals surface area contributed by atoms with E-state index in [0.717, 1.165) is 6.54 Å². The molecule has 1 rings (SSSR count). The molecular weight excluding hydrogens is 192 g/mol. The summed E-state index contributed by atoms with van der Waals surface area (Å²) in [6.07, 6.45) is 0. The van der Waals surface area contributed by atoms with Gasteiger partial charge in [0.15, 0.2) is 0 Å². The van der Waals surface area contributed by atoms with Gasteiger partial charge in [-0.3, -0.25) is 9.63 Å². The maximum Gasteiger partial charge on any atom is 0.251 e. The predicted molar refractivity (Wildman–Crippen MR) is 59.1 cm³/mol. The van der Waals surface area contributed by atoms with Gasteiger partial charge in [0.25, 0.3) is 5.91 Å². The molecule has 0 bridgehead atoms. The zero-order chi connectivity index (χ0) is 11.4. The van der Waals surface area contributed by atoms with Gasteiger partial charge < -0.3 is 5.32 Å². The molecule has 1 saturated heterocycles. The van der Waals surface area contributed by atoms with E-state index in [-0.39, 0.29) is 11.8 Å². The first-order valence-corrected chi connectivity index (χ1v) is 5.70. The highest BCUT2D eigenvalue weighted by molar-refractivity contribution is 5.79. The Hall–Kier alpha value is -0.610. The highest BCUT2D eigenvalue weighted by Gasteiger charge is 2.34. The Kier molecular flexibility index (Phi) is 4.54. The molecule has 4 nitrogen and oxygen atoms in total. The van der Waals surface area contributed by atoms with Crippen LogP contribution in [0, 0.1) is 11.8 Å². The number of hydrogen-bond donors (Lipinski definition) is 1. The normalized spacial score (nSPS) is 22.1. The second-order valence-electron chi connectivity index (χ2n) is 4.70. The molecule has 15 heavy (non-hydrogen) atoms. The van der Waals surface area contributed by atoms with Crippen LogP contribution in [0.5, 0.6) is 0 Å². The Labute approximate surface area is 91.9 Å². The van der Waals surface area contributed by atoms with Gasteiger partial charge >= 0.3 is 0 Å². The van der Waals surface area contributed by atoms with Gasteiger partial charge in [-0.15, -0.1) is 0 Å². The van der Waals surface area contributed by atoms with Gasteiger partial charge in [0.05, 0.1) is 19.1 Å². The summed E-state index contributed by atoms with van der Waals surface area (Å²) in [5.74, 6) is 0.542. The fourth-order valence-corrected chi connectivity index (χ4v) is 1.60. The molecule has 0 saturated carbocycles. The molecule has 4 heteroatoms. The summed E-state index contributed by atoms with van der Waals surface area (Å²) in [5, 5.41) is 4.76. The number of nitrogens with one attached hydrogen (secondary N) is 1. The van der Waals surface area contributed by atoms with Crippen molar-refractivity contribution < 1.29 is 9.63 Å². The maximum atomic E-state index is 11.8. The van der Waals surface area contributed by atoms with Crippen molar-refractivity contribution in [2.24, 2.45) is 11.8 Å². The molecule has 0 radical (unpaired) electrons.